The second kappa shape index (κ2) is 12.7. The van der Waals surface area contributed by atoms with Gasteiger partial charge in [0.15, 0.2) is 0 Å². The number of hydrogen-bond acceptors (Lipinski definition) is 5. The van der Waals surface area contributed by atoms with Gasteiger partial charge in [0.05, 0.1) is 25.9 Å². The van der Waals surface area contributed by atoms with Gasteiger partial charge in [-0.2, -0.15) is 0 Å². The maximum Gasteiger partial charge on any atom is 0.222 e. The molecule has 1 aliphatic heterocycles. The van der Waals surface area contributed by atoms with Crippen LogP contribution in [-0.2, 0) is 14.3 Å². The number of carbonyl (C=O) groups is 1. The van der Waals surface area contributed by atoms with Crippen molar-refractivity contribution in [2.24, 2.45) is 5.92 Å². The normalized spacial score (nSPS) is 20.4. The van der Waals surface area contributed by atoms with Gasteiger partial charge in [0, 0.05) is 41.5 Å². The highest BCUT2D eigenvalue weighted by molar-refractivity contribution is 5.78. The molecule has 6 heteroatoms. The Kier molecular flexibility index (Phi) is 11.2. The average molecular weight is 334 g/mol. The fourth-order valence-corrected chi connectivity index (χ4v) is 2.42. The SMILES string of the molecule is CCCNCCOCCN1CCOC(CNC(=O)C(C)CC)C1.[HH].[HH]. The minimum atomic E-state index is 0. The third-order valence-electron chi connectivity index (χ3n) is 4.19. The van der Waals surface area contributed by atoms with E-state index in [1.54, 1.807) is 0 Å². The molecule has 0 spiro atoms. The second-order valence-corrected chi connectivity index (χ2v) is 6.21. The van der Waals surface area contributed by atoms with Gasteiger partial charge in [0.25, 0.3) is 0 Å². The summed E-state index contributed by atoms with van der Waals surface area (Å²) in [5.41, 5.74) is 0. The Labute approximate surface area is 144 Å². The lowest BCUT2D eigenvalue weighted by Gasteiger charge is -2.33. The Hall–Kier alpha value is -0.690. The molecular formula is C17H39N3O3. The molecule has 2 atom stereocenters. The molecular weight excluding hydrogens is 294 g/mol. The molecule has 0 saturated carbocycles. The van der Waals surface area contributed by atoms with Gasteiger partial charge < -0.3 is 20.1 Å². The van der Waals surface area contributed by atoms with Crippen molar-refractivity contribution in [1.29, 1.82) is 0 Å². The number of morpholine rings is 1. The lowest BCUT2D eigenvalue weighted by Crippen LogP contribution is -2.48. The number of ether oxygens (including phenoxy) is 2. The number of amides is 1. The van der Waals surface area contributed by atoms with E-state index in [4.69, 9.17) is 9.47 Å². The van der Waals surface area contributed by atoms with Crippen LogP contribution in [0.2, 0.25) is 0 Å². The lowest BCUT2D eigenvalue weighted by molar-refractivity contribution is -0.125. The Balaban J connectivity index is 0. The number of nitrogens with one attached hydrogen (secondary N) is 2. The molecule has 1 saturated heterocycles. The van der Waals surface area contributed by atoms with Gasteiger partial charge in [-0.15, -0.1) is 0 Å². The van der Waals surface area contributed by atoms with Crippen LogP contribution in [-0.4, -0.2) is 76.0 Å². The van der Waals surface area contributed by atoms with Crippen LogP contribution in [0.5, 0.6) is 0 Å². The van der Waals surface area contributed by atoms with Crippen molar-refractivity contribution in [1.82, 2.24) is 15.5 Å². The Morgan fingerprint density at radius 3 is 2.96 bits per heavy atom. The summed E-state index contributed by atoms with van der Waals surface area (Å²) in [6.45, 7) is 13.7. The maximum absolute atomic E-state index is 11.8. The molecule has 1 amide bonds. The van der Waals surface area contributed by atoms with Gasteiger partial charge in [-0.3, -0.25) is 9.69 Å². The van der Waals surface area contributed by atoms with Gasteiger partial charge >= 0.3 is 0 Å². The molecule has 0 bridgehead atoms. The topological polar surface area (TPSA) is 62.8 Å². The molecule has 0 aromatic rings. The first-order valence-corrected chi connectivity index (χ1v) is 9.07. The van der Waals surface area contributed by atoms with Crippen molar-refractivity contribution in [3.8, 4) is 0 Å². The van der Waals surface area contributed by atoms with Crippen molar-refractivity contribution in [3.05, 3.63) is 0 Å². The average Bonchev–Trinajstić information content (AvgIpc) is 2.58. The third-order valence-corrected chi connectivity index (χ3v) is 4.19. The van der Waals surface area contributed by atoms with Crippen LogP contribution in [0.25, 0.3) is 0 Å². The number of carbonyl (C=O) groups excluding carboxylic acids is 1. The summed E-state index contributed by atoms with van der Waals surface area (Å²) in [4.78, 5) is 14.2. The van der Waals surface area contributed by atoms with Crippen LogP contribution in [0, 0.1) is 5.92 Å². The summed E-state index contributed by atoms with van der Waals surface area (Å²) in [7, 11) is 0. The van der Waals surface area contributed by atoms with E-state index in [0.29, 0.717) is 6.54 Å². The predicted octanol–water partition coefficient (Wildman–Crippen LogP) is 1.36. The van der Waals surface area contributed by atoms with Crippen LogP contribution < -0.4 is 10.6 Å². The van der Waals surface area contributed by atoms with E-state index in [1.165, 1.54) is 0 Å². The van der Waals surface area contributed by atoms with Crippen LogP contribution in [0.15, 0.2) is 0 Å². The van der Waals surface area contributed by atoms with Gasteiger partial charge in [0.2, 0.25) is 5.91 Å². The summed E-state index contributed by atoms with van der Waals surface area (Å²) in [6, 6.07) is 0. The van der Waals surface area contributed by atoms with Crippen LogP contribution in [0.3, 0.4) is 0 Å². The maximum atomic E-state index is 11.8. The summed E-state index contributed by atoms with van der Waals surface area (Å²) in [6.07, 6.45) is 2.11. The fraction of sp³-hybridized carbons (Fsp3) is 0.941. The number of hydrogen-bond donors (Lipinski definition) is 2. The zero-order chi connectivity index (χ0) is 16.9. The monoisotopic (exact) mass is 333 g/mol. The number of rotatable bonds is 12. The van der Waals surface area contributed by atoms with E-state index in [0.717, 1.165) is 65.4 Å². The first-order valence-electron chi connectivity index (χ1n) is 9.07. The molecule has 1 aliphatic rings. The van der Waals surface area contributed by atoms with Gasteiger partial charge in [-0.05, 0) is 19.4 Å². The van der Waals surface area contributed by atoms with E-state index in [2.05, 4.69) is 22.5 Å². The van der Waals surface area contributed by atoms with Crippen molar-refractivity contribution >= 4 is 5.91 Å². The highest BCUT2D eigenvalue weighted by Gasteiger charge is 2.21. The molecule has 0 aromatic heterocycles. The zero-order valence-electron chi connectivity index (χ0n) is 15.1. The molecule has 1 heterocycles. The van der Waals surface area contributed by atoms with Crippen LogP contribution in [0.4, 0.5) is 0 Å². The molecule has 2 N–H and O–H groups in total. The summed E-state index contributed by atoms with van der Waals surface area (Å²) in [5.74, 6) is 0.195. The fourth-order valence-electron chi connectivity index (χ4n) is 2.42. The molecule has 23 heavy (non-hydrogen) atoms. The predicted molar refractivity (Wildman–Crippen MR) is 96.9 cm³/mol. The van der Waals surface area contributed by atoms with Gasteiger partial charge in [-0.1, -0.05) is 20.8 Å². The first-order chi connectivity index (χ1) is 11.2. The molecule has 0 aliphatic carbocycles. The minimum absolute atomic E-state index is 0. The third kappa shape index (κ3) is 9.25. The van der Waals surface area contributed by atoms with Gasteiger partial charge in [0.1, 0.15) is 0 Å². The summed E-state index contributed by atoms with van der Waals surface area (Å²) < 4.78 is 11.4. The molecule has 0 aromatic carbocycles. The van der Waals surface area contributed by atoms with E-state index in [1.807, 2.05) is 13.8 Å². The molecule has 0 radical (unpaired) electrons. The zero-order valence-corrected chi connectivity index (χ0v) is 15.1. The Morgan fingerprint density at radius 2 is 2.22 bits per heavy atom. The van der Waals surface area contributed by atoms with Crippen molar-refractivity contribution in [2.75, 3.05) is 59.1 Å². The Bertz CT molecular complexity index is 326. The Morgan fingerprint density at radius 1 is 1.39 bits per heavy atom. The van der Waals surface area contributed by atoms with Gasteiger partial charge in [-0.25, -0.2) is 0 Å². The van der Waals surface area contributed by atoms with E-state index >= 15 is 0 Å². The van der Waals surface area contributed by atoms with Crippen LogP contribution in [0.1, 0.15) is 36.5 Å². The van der Waals surface area contributed by atoms with E-state index in [-0.39, 0.29) is 20.8 Å². The summed E-state index contributed by atoms with van der Waals surface area (Å²) >= 11 is 0. The molecule has 140 valence electrons. The minimum Gasteiger partial charge on any atom is -0.379 e. The molecule has 1 fully saturated rings. The smallest absolute Gasteiger partial charge is 0.222 e. The second-order valence-electron chi connectivity index (χ2n) is 6.21. The molecule has 6 nitrogen and oxygen atoms in total. The lowest BCUT2D eigenvalue weighted by atomic mass is 10.1. The largest absolute Gasteiger partial charge is 0.379 e. The van der Waals surface area contributed by atoms with E-state index in [9.17, 15) is 4.79 Å². The molecule has 1 rings (SSSR count). The summed E-state index contributed by atoms with van der Waals surface area (Å²) in [5, 5.41) is 6.31. The van der Waals surface area contributed by atoms with Crippen molar-refractivity contribution < 1.29 is 17.1 Å². The highest BCUT2D eigenvalue weighted by atomic mass is 16.5. The van der Waals surface area contributed by atoms with Crippen molar-refractivity contribution in [3.63, 3.8) is 0 Å². The van der Waals surface area contributed by atoms with E-state index < -0.39 is 0 Å². The first kappa shape index (κ1) is 20.4. The highest BCUT2D eigenvalue weighted by Crippen LogP contribution is 2.05. The molecule has 2 unspecified atom stereocenters. The standard InChI is InChI=1S/C17H35N3O3.2H2/c1-4-6-18-7-10-22-11-8-20-9-12-23-16(14-20)13-19-17(21)15(3)5-2;;/h15-16,18H,4-14H2,1-3H3,(H,19,21);2*1H. The van der Waals surface area contributed by atoms with Crippen molar-refractivity contribution in [2.45, 2.75) is 39.7 Å². The number of nitrogens with zero attached hydrogens (tertiary/aromatic N) is 1. The van der Waals surface area contributed by atoms with Crippen LogP contribution >= 0.6 is 0 Å². The quantitative estimate of drug-likeness (QED) is 0.528.